The molecule has 4 heteroatoms. The summed E-state index contributed by atoms with van der Waals surface area (Å²) in [6.45, 7) is 1.56. The maximum atomic E-state index is 11.6. The molecule has 0 atom stereocenters. The number of carbonyl (C=O) groups is 2. The van der Waals surface area contributed by atoms with Gasteiger partial charge in [-0.15, -0.1) is 0 Å². The summed E-state index contributed by atoms with van der Waals surface area (Å²) >= 11 is 3.02. The Kier molecular flexibility index (Phi) is 4.84. The summed E-state index contributed by atoms with van der Waals surface area (Å²) in [5.74, 6) is -0.374. The molecule has 0 unspecified atom stereocenters. The van der Waals surface area contributed by atoms with Crippen molar-refractivity contribution < 1.29 is 9.59 Å². The van der Waals surface area contributed by atoms with Crippen molar-refractivity contribution in [3.05, 3.63) is 70.8 Å². The molecular formula is C17H15NO2Se. The zero-order valence-corrected chi connectivity index (χ0v) is 13.3. The van der Waals surface area contributed by atoms with Crippen LogP contribution in [0.3, 0.4) is 0 Å². The average Bonchev–Trinajstić information content (AvgIpc) is 2.46. The van der Waals surface area contributed by atoms with Gasteiger partial charge in [-0.05, 0) is 0 Å². The van der Waals surface area contributed by atoms with Crippen molar-refractivity contribution in [3.63, 3.8) is 0 Å². The molecule has 2 N–H and O–H groups in total. The summed E-state index contributed by atoms with van der Waals surface area (Å²) < 4.78 is 0.821. The second kappa shape index (κ2) is 6.61. The summed E-state index contributed by atoms with van der Waals surface area (Å²) in [5.41, 5.74) is 8.49. The normalized spacial score (nSPS) is 10.1. The van der Waals surface area contributed by atoms with E-state index in [1.165, 1.54) is 0 Å². The van der Waals surface area contributed by atoms with E-state index < -0.39 is 5.91 Å². The van der Waals surface area contributed by atoms with Gasteiger partial charge in [-0.1, -0.05) is 0 Å². The van der Waals surface area contributed by atoms with Crippen LogP contribution in [0.2, 0.25) is 0 Å². The van der Waals surface area contributed by atoms with Gasteiger partial charge < -0.3 is 0 Å². The van der Waals surface area contributed by atoms with Crippen molar-refractivity contribution in [2.75, 3.05) is 0 Å². The standard InChI is InChI=1S/C17H15NO2Se/c1-11(19)10-12-6-2-3-7-13(12)16(21)14-8-4-5-9-15(14)17(18)20/h2-9H,10H2,1H3,(H2,18,20). The number of benzene rings is 2. The second-order valence-corrected chi connectivity index (χ2v) is 5.63. The molecule has 2 rings (SSSR count). The third kappa shape index (κ3) is 3.54. The van der Waals surface area contributed by atoms with Crippen LogP contribution in [-0.2, 0) is 11.2 Å². The van der Waals surface area contributed by atoms with Gasteiger partial charge in [-0.2, -0.15) is 0 Å². The maximum absolute atomic E-state index is 11.6. The fourth-order valence-electron chi connectivity index (χ4n) is 2.21. The predicted octanol–water partition coefficient (Wildman–Crippen LogP) is 1.65. The Morgan fingerprint density at radius 3 is 2.05 bits per heavy atom. The number of hydrogen-bond acceptors (Lipinski definition) is 2. The van der Waals surface area contributed by atoms with E-state index in [2.05, 4.69) is 15.6 Å². The number of ketones is 1. The monoisotopic (exact) mass is 345 g/mol. The molecule has 0 heterocycles. The number of rotatable bonds is 5. The zero-order valence-electron chi connectivity index (χ0n) is 11.6. The predicted molar refractivity (Wildman–Crippen MR) is 84.8 cm³/mol. The van der Waals surface area contributed by atoms with E-state index in [4.69, 9.17) is 5.73 Å². The first kappa shape index (κ1) is 15.4. The molecule has 1 amide bonds. The van der Waals surface area contributed by atoms with E-state index >= 15 is 0 Å². The first-order valence-electron chi connectivity index (χ1n) is 6.51. The van der Waals surface area contributed by atoms with Gasteiger partial charge in [-0.3, -0.25) is 0 Å². The van der Waals surface area contributed by atoms with Gasteiger partial charge in [0.15, 0.2) is 0 Å². The van der Waals surface area contributed by atoms with Crippen LogP contribution < -0.4 is 5.73 Å². The van der Waals surface area contributed by atoms with Crippen molar-refractivity contribution in [1.82, 2.24) is 0 Å². The SMILES string of the molecule is CC(=O)Cc1ccccc1C(=[Se])c1ccccc1C(N)=O. The molecule has 0 aliphatic carbocycles. The van der Waals surface area contributed by atoms with Crippen LogP contribution in [0.1, 0.15) is 34.0 Å². The number of nitrogens with two attached hydrogens (primary N) is 1. The van der Waals surface area contributed by atoms with Crippen LogP contribution in [0.4, 0.5) is 0 Å². The van der Waals surface area contributed by atoms with Gasteiger partial charge in [-0.25, -0.2) is 0 Å². The van der Waals surface area contributed by atoms with Crippen LogP contribution in [0.15, 0.2) is 48.5 Å². The summed E-state index contributed by atoms with van der Waals surface area (Å²) in [6.07, 6.45) is 0.361. The number of amides is 1. The van der Waals surface area contributed by atoms with Crippen molar-refractivity contribution >= 4 is 31.7 Å². The quantitative estimate of drug-likeness (QED) is 0.839. The minimum atomic E-state index is -0.470. The fraction of sp³-hybridized carbons (Fsp3) is 0.118. The Bertz CT molecular complexity index is 722. The van der Waals surface area contributed by atoms with Gasteiger partial charge in [0.2, 0.25) is 0 Å². The molecule has 21 heavy (non-hydrogen) atoms. The van der Waals surface area contributed by atoms with E-state index in [1.54, 1.807) is 19.1 Å². The Morgan fingerprint density at radius 1 is 0.952 bits per heavy atom. The summed E-state index contributed by atoms with van der Waals surface area (Å²) in [4.78, 5) is 23.0. The molecule has 0 aliphatic heterocycles. The number of Topliss-reactive ketones (excluding diaryl/α,β-unsaturated/α-hetero) is 1. The molecule has 3 nitrogen and oxygen atoms in total. The van der Waals surface area contributed by atoms with Gasteiger partial charge in [0.05, 0.1) is 0 Å². The topological polar surface area (TPSA) is 60.2 Å². The molecule has 0 aromatic heterocycles. The van der Waals surface area contributed by atoms with Crippen molar-refractivity contribution in [2.45, 2.75) is 13.3 Å². The molecule has 2 aromatic rings. The van der Waals surface area contributed by atoms with E-state index in [-0.39, 0.29) is 5.78 Å². The molecule has 0 saturated carbocycles. The van der Waals surface area contributed by atoms with Crippen molar-refractivity contribution in [1.29, 1.82) is 0 Å². The number of carbonyl (C=O) groups excluding carboxylic acids is 2. The fourth-order valence-corrected chi connectivity index (χ4v) is 3.00. The molecule has 106 valence electrons. The summed E-state index contributed by atoms with van der Waals surface area (Å²) in [7, 11) is 0. The van der Waals surface area contributed by atoms with Crippen LogP contribution in [0, 0.1) is 0 Å². The Hall–Kier alpha value is -2.03. The van der Waals surface area contributed by atoms with Gasteiger partial charge in [0, 0.05) is 0 Å². The Morgan fingerprint density at radius 2 is 1.48 bits per heavy atom. The molecule has 0 spiro atoms. The molecule has 0 fully saturated rings. The summed E-state index contributed by atoms with van der Waals surface area (Å²) in [6, 6.07) is 14.8. The molecule has 0 bridgehead atoms. The molecule has 0 radical (unpaired) electrons. The second-order valence-electron chi connectivity index (χ2n) is 4.77. The average molecular weight is 344 g/mol. The van der Waals surface area contributed by atoms with Crippen LogP contribution >= 0.6 is 0 Å². The first-order valence-corrected chi connectivity index (χ1v) is 7.37. The third-order valence-corrected chi connectivity index (χ3v) is 4.06. The van der Waals surface area contributed by atoms with Crippen molar-refractivity contribution in [2.24, 2.45) is 5.73 Å². The van der Waals surface area contributed by atoms with Crippen LogP contribution in [0.5, 0.6) is 0 Å². The van der Waals surface area contributed by atoms with Gasteiger partial charge >= 0.3 is 131 Å². The van der Waals surface area contributed by atoms with Crippen LogP contribution in [0.25, 0.3) is 0 Å². The van der Waals surface area contributed by atoms with Crippen molar-refractivity contribution in [3.8, 4) is 0 Å². The third-order valence-electron chi connectivity index (χ3n) is 3.14. The molecule has 0 aliphatic rings. The minimum absolute atomic E-state index is 0.0958. The first-order chi connectivity index (χ1) is 10.0. The molecular weight excluding hydrogens is 329 g/mol. The van der Waals surface area contributed by atoms with E-state index in [9.17, 15) is 9.59 Å². The summed E-state index contributed by atoms with van der Waals surface area (Å²) in [5, 5.41) is 0. The van der Waals surface area contributed by atoms with E-state index in [1.807, 2.05) is 36.4 Å². The Labute approximate surface area is 131 Å². The number of hydrogen-bond donors (Lipinski definition) is 1. The van der Waals surface area contributed by atoms with Crippen LogP contribution in [-0.4, -0.2) is 31.7 Å². The number of primary amides is 1. The van der Waals surface area contributed by atoms with Gasteiger partial charge in [0.25, 0.3) is 0 Å². The molecule has 2 aromatic carbocycles. The Balaban J connectivity index is 2.51. The van der Waals surface area contributed by atoms with E-state index in [0.29, 0.717) is 12.0 Å². The zero-order chi connectivity index (χ0) is 15.4. The van der Waals surface area contributed by atoms with E-state index in [0.717, 1.165) is 21.1 Å². The van der Waals surface area contributed by atoms with Gasteiger partial charge in [0.1, 0.15) is 0 Å². The molecule has 0 saturated heterocycles.